The number of hydrogen-bond acceptors (Lipinski definition) is 4. The number of nitrogens with two attached hydrogens (primary N) is 1. The van der Waals surface area contributed by atoms with Gasteiger partial charge in [0.05, 0.1) is 5.69 Å². The van der Waals surface area contributed by atoms with Crippen LogP contribution in [-0.2, 0) is 24.3 Å². The van der Waals surface area contributed by atoms with Crippen LogP contribution in [0.4, 0.5) is 0 Å². The SMILES string of the molecule is NCc1cc(COCCCc2ccccc2)on1. The maximum absolute atomic E-state index is 5.52. The smallest absolute Gasteiger partial charge is 0.162 e. The molecule has 0 saturated heterocycles. The fourth-order valence-electron chi connectivity index (χ4n) is 1.72. The van der Waals surface area contributed by atoms with Crippen LogP contribution < -0.4 is 5.73 Å². The fraction of sp³-hybridized carbons (Fsp3) is 0.357. The summed E-state index contributed by atoms with van der Waals surface area (Å²) in [6, 6.07) is 12.2. The highest BCUT2D eigenvalue weighted by Gasteiger charge is 2.02. The van der Waals surface area contributed by atoms with E-state index in [9.17, 15) is 0 Å². The Bertz CT molecular complexity index is 454. The molecular formula is C14H18N2O2. The van der Waals surface area contributed by atoms with Gasteiger partial charge in [-0.05, 0) is 18.4 Å². The van der Waals surface area contributed by atoms with Crippen LogP contribution in [0.5, 0.6) is 0 Å². The predicted octanol–water partition coefficient (Wildman–Crippen LogP) is 2.28. The Balaban J connectivity index is 1.61. The molecule has 1 heterocycles. The van der Waals surface area contributed by atoms with Crippen LogP contribution in [-0.4, -0.2) is 11.8 Å². The second-order valence-corrected chi connectivity index (χ2v) is 4.13. The minimum Gasteiger partial charge on any atom is -0.373 e. The first-order chi connectivity index (χ1) is 8.88. The van der Waals surface area contributed by atoms with Crippen molar-refractivity contribution in [3.8, 4) is 0 Å². The molecule has 2 aromatic rings. The Hall–Kier alpha value is -1.65. The van der Waals surface area contributed by atoms with Gasteiger partial charge in [0.25, 0.3) is 0 Å². The lowest BCUT2D eigenvalue weighted by molar-refractivity contribution is 0.0992. The zero-order valence-corrected chi connectivity index (χ0v) is 10.3. The quantitative estimate of drug-likeness (QED) is 0.761. The van der Waals surface area contributed by atoms with Crippen molar-refractivity contribution in [2.75, 3.05) is 6.61 Å². The normalized spacial score (nSPS) is 10.7. The van der Waals surface area contributed by atoms with Crippen molar-refractivity contribution in [1.29, 1.82) is 0 Å². The molecule has 1 aromatic heterocycles. The first-order valence-electron chi connectivity index (χ1n) is 6.14. The maximum atomic E-state index is 5.52. The predicted molar refractivity (Wildman–Crippen MR) is 68.8 cm³/mol. The van der Waals surface area contributed by atoms with Gasteiger partial charge in [-0.3, -0.25) is 0 Å². The molecule has 0 aliphatic rings. The van der Waals surface area contributed by atoms with Gasteiger partial charge in [-0.25, -0.2) is 0 Å². The van der Waals surface area contributed by atoms with E-state index < -0.39 is 0 Å². The summed E-state index contributed by atoms with van der Waals surface area (Å²) in [6.45, 7) is 1.58. The van der Waals surface area contributed by atoms with E-state index in [1.165, 1.54) is 5.56 Å². The summed E-state index contributed by atoms with van der Waals surface area (Å²) in [5.41, 5.74) is 7.54. The van der Waals surface area contributed by atoms with Gasteiger partial charge in [-0.2, -0.15) is 0 Å². The summed E-state index contributed by atoms with van der Waals surface area (Å²) >= 11 is 0. The fourth-order valence-corrected chi connectivity index (χ4v) is 1.72. The lowest BCUT2D eigenvalue weighted by Gasteiger charge is -2.02. The molecule has 2 N–H and O–H groups in total. The molecule has 0 saturated carbocycles. The van der Waals surface area contributed by atoms with Crippen molar-refractivity contribution in [1.82, 2.24) is 5.16 Å². The minimum absolute atomic E-state index is 0.400. The van der Waals surface area contributed by atoms with Gasteiger partial charge in [0.1, 0.15) is 6.61 Å². The molecule has 0 fully saturated rings. The lowest BCUT2D eigenvalue weighted by Crippen LogP contribution is -1.97. The van der Waals surface area contributed by atoms with Crippen molar-refractivity contribution >= 4 is 0 Å². The lowest BCUT2D eigenvalue weighted by atomic mass is 10.1. The number of benzene rings is 1. The largest absolute Gasteiger partial charge is 0.373 e. The Morgan fingerprint density at radius 3 is 2.78 bits per heavy atom. The van der Waals surface area contributed by atoms with Gasteiger partial charge in [-0.15, -0.1) is 0 Å². The minimum atomic E-state index is 0.400. The van der Waals surface area contributed by atoms with E-state index >= 15 is 0 Å². The van der Waals surface area contributed by atoms with E-state index in [0.717, 1.165) is 24.3 Å². The van der Waals surface area contributed by atoms with Gasteiger partial charge in [-0.1, -0.05) is 35.5 Å². The second-order valence-electron chi connectivity index (χ2n) is 4.13. The van der Waals surface area contributed by atoms with Gasteiger partial charge in [0.2, 0.25) is 0 Å². The average molecular weight is 246 g/mol. The highest BCUT2D eigenvalue weighted by Crippen LogP contribution is 2.06. The monoisotopic (exact) mass is 246 g/mol. The van der Waals surface area contributed by atoms with E-state index in [1.807, 2.05) is 12.1 Å². The van der Waals surface area contributed by atoms with Gasteiger partial charge in [0.15, 0.2) is 5.76 Å². The molecule has 0 radical (unpaired) electrons. The van der Waals surface area contributed by atoms with Crippen LogP contribution in [0.1, 0.15) is 23.4 Å². The topological polar surface area (TPSA) is 61.3 Å². The van der Waals surface area contributed by atoms with E-state index in [1.54, 1.807) is 0 Å². The third kappa shape index (κ3) is 3.98. The summed E-state index contributed by atoms with van der Waals surface area (Å²) in [5, 5.41) is 3.80. The van der Waals surface area contributed by atoms with E-state index in [2.05, 4.69) is 29.4 Å². The van der Waals surface area contributed by atoms with Crippen molar-refractivity contribution in [2.24, 2.45) is 5.73 Å². The summed E-state index contributed by atoms with van der Waals surface area (Å²) in [4.78, 5) is 0. The van der Waals surface area contributed by atoms with Crippen molar-refractivity contribution in [3.05, 3.63) is 53.4 Å². The molecule has 1 aromatic carbocycles. The third-order valence-corrected chi connectivity index (χ3v) is 2.66. The van der Waals surface area contributed by atoms with Crippen molar-refractivity contribution in [2.45, 2.75) is 26.0 Å². The van der Waals surface area contributed by atoms with Crippen molar-refractivity contribution < 1.29 is 9.26 Å². The first-order valence-corrected chi connectivity index (χ1v) is 6.14. The molecule has 0 atom stereocenters. The number of hydrogen-bond donors (Lipinski definition) is 1. The van der Waals surface area contributed by atoms with Crippen LogP contribution >= 0.6 is 0 Å². The second kappa shape index (κ2) is 6.93. The highest BCUT2D eigenvalue weighted by atomic mass is 16.5. The molecule has 0 spiro atoms. The van der Waals surface area contributed by atoms with Crippen LogP contribution in [0.2, 0.25) is 0 Å². The Morgan fingerprint density at radius 2 is 2.06 bits per heavy atom. The van der Waals surface area contributed by atoms with Crippen LogP contribution in [0.15, 0.2) is 40.9 Å². The molecule has 4 nitrogen and oxygen atoms in total. The van der Waals surface area contributed by atoms with Gasteiger partial charge in [0, 0.05) is 19.2 Å². The van der Waals surface area contributed by atoms with Crippen LogP contribution in [0.25, 0.3) is 0 Å². The van der Waals surface area contributed by atoms with Crippen molar-refractivity contribution in [3.63, 3.8) is 0 Å². The Kier molecular flexibility index (Phi) is 4.93. The maximum Gasteiger partial charge on any atom is 0.162 e. The molecule has 2 rings (SSSR count). The summed E-state index contributed by atoms with van der Waals surface area (Å²) in [5.74, 6) is 0.732. The van der Waals surface area contributed by atoms with Gasteiger partial charge >= 0.3 is 0 Å². The third-order valence-electron chi connectivity index (χ3n) is 2.66. The molecule has 96 valence electrons. The van der Waals surface area contributed by atoms with Crippen LogP contribution in [0.3, 0.4) is 0 Å². The van der Waals surface area contributed by atoms with E-state index in [-0.39, 0.29) is 0 Å². The Labute approximate surface area is 107 Å². The average Bonchev–Trinajstić information content (AvgIpc) is 2.87. The van der Waals surface area contributed by atoms with E-state index in [0.29, 0.717) is 19.8 Å². The molecule has 0 aliphatic carbocycles. The molecule has 4 heteroatoms. The number of aryl methyl sites for hydroxylation is 1. The molecule has 18 heavy (non-hydrogen) atoms. The number of nitrogens with zero attached hydrogens (tertiary/aromatic N) is 1. The molecule has 0 bridgehead atoms. The number of ether oxygens (including phenoxy) is 1. The zero-order chi connectivity index (χ0) is 12.6. The number of aromatic nitrogens is 1. The standard InChI is InChI=1S/C14H18N2O2/c15-10-13-9-14(18-16-13)11-17-8-4-7-12-5-2-1-3-6-12/h1-3,5-6,9H,4,7-8,10-11,15H2. The molecular weight excluding hydrogens is 228 g/mol. The summed E-state index contributed by atoms with van der Waals surface area (Å²) < 4.78 is 10.6. The first kappa shape index (κ1) is 12.8. The Morgan fingerprint density at radius 1 is 1.22 bits per heavy atom. The summed E-state index contributed by atoms with van der Waals surface area (Å²) in [6.07, 6.45) is 2.03. The van der Waals surface area contributed by atoms with Gasteiger partial charge < -0.3 is 15.0 Å². The highest BCUT2D eigenvalue weighted by molar-refractivity contribution is 5.14. The molecule has 0 aliphatic heterocycles. The molecule has 0 unspecified atom stereocenters. The van der Waals surface area contributed by atoms with E-state index in [4.69, 9.17) is 15.0 Å². The zero-order valence-electron chi connectivity index (χ0n) is 10.3. The molecule has 0 amide bonds. The number of rotatable bonds is 7. The van der Waals surface area contributed by atoms with Crippen LogP contribution in [0, 0.1) is 0 Å². The summed E-state index contributed by atoms with van der Waals surface area (Å²) in [7, 11) is 0.